The first-order valence-corrected chi connectivity index (χ1v) is 7.87. The lowest BCUT2D eigenvalue weighted by Gasteiger charge is -2.22. The van der Waals surface area contributed by atoms with Crippen molar-refractivity contribution in [3.05, 3.63) is 54.0 Å². The zero-order chi connectivity index (χ0) is 16.4. The van der Waals surface area contributed by atoms with Crippen molar-refractivity contribution in [1.82, 2.24) is 4.72 Å². The van der Waals surface area contributed by atoms with Crippen LogP contribution in [-0.2, 0) is 16.4 Å². The van der Waals surface area contributed by atoms with E-state index in [0.29, 0.717) is 11.8 Å². The summed E-state index contributed by atoms with van der Waals surface area (Å²) in [6, 6.07) is 5.56. The van der Waals surface area contributed by atoms with Crippen LogP contribution in [0, 0.1) is 11.6 Å². The van der Waals surface area contributed by atoms with Crippen molar-refractivity contribution in [2.24, 2.45) is 0 Å². The Morgan fingerprint density at radius 3 is 2.59 bits per heavy atom. The van der Waals surface area contributed by atoms with Crippen molar-refractivity contribution in [2.75, 3.05) is 6.54 Å². The molecule has 1 heterocycles. The molecular formula is C14H15F2NO4S. The number of rotatable bonds is 6. The van der Waals surface area contributed by atoms with E-state index in [1.807, 2.05) is 0 Å². The summed E-state index contributed by atoms with van der Waals surface area (Å²) in [6.07, 6.45) is 1.54. The van der Waals surface area contributed by atoms with E-state index in [1.54, 1.807) is 12.1 Å². The quantitative estimate of drug-likeness (QED) is 0.846. The largest absolute Gasteiger partial charge is 0.469 e. The van der Waals surface area contributed by atoms with Crippen molar-refractivity contribution in [3.8, 4) is 0 Å². The molecule has 1 atom stereocenters. The highest BCUT2D eigenvalue weighted by molar-refractivity contribution is 7.89. The van der Waals surface area contributed by atoms with E-state index >= 15 is 0 Å². The van der Waals surface area contributed by atoms with Crippen LogP contribution in [0.5, 0.6) is 0 Å². The SMILES string of the molecule is CC(O)(CNS(=O)(=O)c1ccc(F)c(F)c1)Cc1ccco1. The van der Waals surface area contributed by atoms with Gasteiger partial charge in [-0.1, -0.05) is 0 Å². The van der Waals surface area contributed by atoms with Crippen LogP contribution in [0.3, 0.4) is 0 Å². The number of hydrogen-bond donors (Lipinski definition) is 2. The molecule has 0 aliphatic carbocycles. The summed E-state index contributed by atoms with van der Waals surface area (Å²) in [5.41, 5.74) is -1.40. The van der Waals surface area contributed by atoms with Gasteiger partial charge in [-0.3, -0.25) is 0 Å². The van der Waals surface area contributed by atoms with Gasteiger partial charge >= 0.3 is 0 Å². The molecule has 2 aromatic rings. The van der Waals surface area contributed by atoms with Crippen LogP contribution in [0.15, 0.2) is 45.9 Å². The number of aliphatic hydroxyl groups is 1. The highest BCUT2D eigenvalue weighted by Crippen LogP contribution is 2.16. The normalized spacial score (nSPS) is 14.7. The van der Waals surface area contributed by atoms with E-state index in [-0.39, 0.29) is 13.0 Å². The zero-order valence-corrected chi connectivity index (χ0v) is 12.5. The minimum atomic E-state index is -4.06. The Labute approximate surface area is 126 Å². The van der Waals surface area contributed by atoms with E-state index in [1.165, 1.54) is 13.2 Å². The average molecular weight is 331 g/mol. The van der Waals surface area contributed by atoms with Gasteiger partial charge in [0.25, 0.3) is 0 Å². The van der Waals surface area contributed by atoms with E-state index < -0.39 is 32.2 Å². The summed E-state index contributed by atoms with van der Waals surface area (Å²) in [6.45, 7) is 1.12. The lowest BCUT2D eigenvalue weighted by molar-refractivity contribution is 0.0603. The summed E-state index contributed by atoms with van der Waals surface area (Å²) < 4.78 is 57.2. The Morgan fingerprint density at radius 2 is 2.00 bits per heavy atom. The third-order valence-corrected chi connectivity index (χ3v) is 4.38. The van der Waals surface area contributed by atoms with E-state index in [4.69, 9.17) is 4.42 Å². The molecule has 2 N–H and O–H groups in total. The number of sulfonamides is 1. The van der Waals surface area contributed by atoms with Crippen LogP contribution < -0.4 is 4.72 Å². The smallest absolute Gasteiger partial charge is 0.240 e. The fraction of sp³-hybridized carbons (Fsp3) is 0.286. The van der Waals surface area contributed by atoms with Crippen LogP contribution >= 0.6 is 0 Å². The standard InChI is InChI=1S/C14H15F2NO4S/c1-14(18,8-10-3-2-6-21-10)9-17-22(19,20)11-4-5-12(15)13(16)7-11/h2-7,17-18H,8-9H2,1H3. The molecule has 1 unspecified atom stereocenters. The number of hydrogen-bond acceptors (Lipinski definition) is 4. The van der Waals surface area contributed by atoms with Gasteiger partial charge in [0.05, 0.1) is 16.8 Å². The fourth-order valence-corrected chi connectivity index (χ4v) is 3.00. The maximum atomic E-state index is 13.1. The Hall–Kier alpha value is -1.77. The van der Waals surface area contributed by atoms with Gasteiger partial charge < -0.3 is 9.52 Å². The fourth-order valence-electron chi connectivity index (χ4n) is 1.83. The summed E-state index contributed by atoms with van der Waals surface area (Å²) in [7, 11) is -4.06. The third kappa shape index (κ3) is 4.12. The van der Waals surface area contributed by atoms with Crippen molar-refractivity contribution in [3.63, 3.8) is 0 Å². The number of benzene rings is 1. The number of halogens is 2. The second kappa shape index (κ2) is 6.15. The van der Waals surface area contributed by atoms with Gasteiger partial charge in [0.1, 0.15) is 5.76 Å². The maximum absolute atomic E-state index is 13.1. The Kier molecular flexibility index (Phi) is 4.64. The molecule has 0 bridgehead atoms. The minimum Gasteiger partial charge on any atom is -0.469 e. The topological polar surface area (TPSA) is 79.5 Å². The molecule has 0 fully saturated rings. The Balaban J connectivity index is 2.07. The monoisotopic (exact) mass is 331 g/mol. The molecule has 0 saturated heterocycles. The van der Waals surface area contributed by atoms with Gasteiger partial charge in [0.15, 0.2) is 11.6 Å². The van der Waals surface area contributed by atoms with E-state index in [0.717, 1.165) is 12.1 Å². The molecule has 0 amide bonds. The summed E-state index contributed by atoms with van der Waals surface area (Å²) in [4.78, 5) is -0.416. The molecule has 1 aromatic heterocycles. The van der Waals surface area contributed by atoms with Gasteiger partial charge in [-0.2, -0.15) is 0 Å². The zero-order valence-electron chi connectivity index (χ0n) is 11.7. The van der Waals surface area contributed by atoms with Crippen molar-refractivity contribution in [2.45, 2.75) is 23.8 Å². The molecule has 2 rings (SSSR count). The van der Waals surface area contributed by atoms with Crippen LogP contribution in [0.4, 0.5) is 8.78 Å². The highest BCUT2D eigenvalue weighted by Gasteiger charge is 2.26. The maximum Gasteiger partial charge on any atom is 0.240 e. The van der Waals surface area contributed by atoms with Crippen LogP contribution in [0.25, 0.3) is 0 Å². The molecule has 0 spiro atoms. The third-order valence-electron chi connectivity index (χ3n) is 2.98. The van der Waals surface area contributed by atoms with Crippen molar-refractivity contribution in [1.29, 1.82) is 0 Å². The first kappa shape index (κ1) is 16.6. The predicted molar refractivity (Wildman–Crippen MR) is 74.6 cm³/mol. The van der Waals surface area contributed by atoms with Crippen LogP contribution in [0.1, 0.15) is 12.7 Å². The molecule has 120 valence electrons. The minimum absolute atomic E-state index is 0.0975. The molecular weight excluding hydrogens is 316 g/mol. The van der Waals surface area contributed by atoms with Crippen LogP contribution in [0.2, 0.25) is 0 Å². The predicted octanol–water partition coefficient (Wildman–Crippen LogP) is 1.83. The van der Waals surface area contributed by atoms with Crippen molar-refractivity contribution >= 4 is 10.0 Å². The summed E-state index contributed by atoms with van der Waals surface area (Å²) >= 11 is 0. The van der Waals surface area contributed by atoms with Gasteiger partial charge in [-0.15, -0.1) is 0 Å². The molecule has 5 nitrogen and oxygen atoms in total. The second-order valence-corrected chi connectivity index (χ2v) is 6.92. The van der Waals surface area contributed by atoms with Crippen molar-refractivity contribution < 1.29 is 26.7 Å². The lowest BCUT2D eigenvalue weighted by atomic mass is 10.0. The average Bonchev–Trinajstić information content (AvgIpc) is 2.92. The highest BCUT2D eigenvalue weighted by atomic mass is 32.2. The second-order valence-electron chi connectivity index (χ2n) is 5.15. The summed E-state index contributed by atoms with van der Waals surface area (Å²) in [5.74, 6) is -1.90. The molecule has 0 radical (unpaired) electrons. The molecule has 0 aliphatic heterocycles. The van der Waals surface area contributed by atoms with Gasteiger partial charge in [0, 0.05) is 13.0 Å². The Morgan fingerprint density at radius 1 is 1.27 bits per heavy atom. The molecule has 0 aliphatic rings. The van der Waals surface area contributed by atoms with Gasteiger partial charge in [-0.05, 0) is 37.3 Å². The molecule has 8 heteroatoms. The summed E-state index contributed by atoms with van der Waals surface area (Å²) in [5, 5.41) is 10.2. The molecule has 1 aromatic carbocycles. The Bertz CT molecular complexity index is 742. The van der Waals surface area contributed by atoms with E-state index in [2.05, 4.69) is 4.72 Å². The first-order chi connectivity index (χ1) is 10.2. The molecule has 22 heavy (non-hydrogen) atoms. The number of nitrogens with one attached hydrogen (secondary N) is 1. The first-order valence-electron chi connectivity index (χ1n) is 6.39. The van der Waals surface area contributed by atoms with Crippen LogP contribution in [-0.4, -0.2) is 25.7 Å². The van der Waals surface area contributed by atoms with Gasteiger partial charge in [-0.25, -0.2) is 21.9 Å². The van der Waals surface area contributed by atoms with E-state index in [9.17, 15) is 22.3 Å². The number of furan rings is 1. The lowest BCUT2D eigenvalue weighted by Crippen LogP contribution is -2.42. The van der Waals surface area contributed by atoms with Gasteiger partial charge in [0.2, 0.25) is 10.0 Å². The molecule has 0 saturated carbocycles.